The van der Waals surface area contributed by atoms with Gasteiger partial charge in [0.1, 0.15) is 5.75 Å². The number of allylic oxidation sites excluding steroid dienone is 1. The van der Waals surface area contributed by atoms with E-state index in [9.17, 15) is 9.59 Å². The van der Waals surface area contributed by atoms with Crippen LogP contribution in [0.3, 0.4) is 0 Å². The molecule has 3 nitrogen and oxygen atoms in total. The molecule has 0 unspecified atom stereocenters. The maximum absolute atomic E-state index is 10.9. The van der Waals surface area contributed by atoms with Crippen molar-refractivity contribution in [3.05, 3.63) is 34.9 Å². The van der Waals surface area contributed by atoms with E-state index in [0.717, 1.165) is 16.7 Å². The van der Waals surface area contributed by atoms with Crippen molar-refractivity contribution in [1.82, 2.24) is 0 Å². The summed E-state index contributed by atoms with van der Waals surface area (Å²) in [4.78, 5) is 21.5. The van der Waals surface area contributed by atoms with Gasteiger partial charge in [0.25, 0.3) is 0 Å². The van der Waals surface area contributed by atoms with Gasteiger partial charge in [0.15, 0.2) is 0 Å². The fourth-order valence-corrected chi connectivity index (χ4v) is 1.61. The average Bonchev–Trinajstić information content (AvgIpc) is 2.20. The lowest BCUT2D eigenvalue weighted by molar-refractivity contribution is -0.132. The van der Waals surface area contributed by atoms with Gasteiger partial charge in [0.05, 0.1) is 0 Å². The van der Waals surface area contributed by atoms with Crippen molar-refractivity contribution in [2.45, 2.75) is 20.8 Å². The van der Waals surface area contributed by atoms with E-state index < -0.39 is 5.24 Å². The Morgan fingerprint density at radius 2 is 1.76 bits per heavy atom. The monoisotopic (exact) mass is 252 g/mol. The molecule has 0 saturated heterocycles. The zero-order valence-corrected chi connectivity index (χ0v) is 10.7. The molecule has 0 aliphatic heterocycles. The minimum atomic E-state index is -0.524. The van der Waals surface area contributed by atoms with Gasteiger partial charge in [-0.3, -0.25) is 9.59 Å². The molecule has 1 aromatic rings. The molecule has 0 aliphatic carbocycles. The molecule has 1 rings (SSSR count). The standard InChI is InChI=1S/C13H13ClO3/c1-8-6-11(4-5-12(14)16)7-9(2)13(8)17-10(3)15/h4-7H,1-3H3/b5-4+. The summed E-state index contributed by atoms with van der Waals surface area (Å²) in [5.74, 6) is 0.210. The third-order valence-corrected chi connectivity index (χ3v) is 2.26. The number of rotatable bonds is 3. The maximum Gasteiger partial charge on any atom is 0.308 e. The molecule has 0 amide bonds. The van der Waals surface area contributed by atoms with Gasteiger partial charge in [-0.2, -0.15) is 0 Å². The van der Waals surface area contributed by atoms with Crippen molar-refractivity contribution in [2.24, 2.45) is 0 Å². The van der Waals surface area contributed by atoms with Crippen LogP contribution < -0.4 is 4.74 Å². The molecule has 0 spiro atoms. The Bertz CT molecular complexity index is 466. The predicted molar refractivity (Wildman–Crippen MR) is 67.1 cm³/mol. The summed E-state index contributed by atoms with van der Waals surface area (Å²) in [6, 6.07) is 3.64. The Morgan fingerprint density at radius 3 is 2.18 bits per heavy atom. The second kappa shape index (κ2) is 5.64. The second-order valence-electron chi connectivity index (χ2n) is 3.71. The van der Waals surface area contributed by atoms with E-state index in [-0.39, 0.29) is 5.97 Å². The molecule has 0 atom stereocenters. The van der Waals surface area contributed by atoms with Crippen molar-refractivity contribution in [3.63, 3.8) is 0 Å². The zero-order chi connectivity index (χ0) is 13.0. The van der Waals surface area contributed by atoms with Crippen molar-refractivity contribution in [2.75, 3.05) is 0 Å². The van der Waals surface area contributed by atoms with Crippen LogP contribution in [-0.2, 0) is 9.59 Å². The Morgan fingerprint density at radius 1 is 1.24 bits per heavy atom. The SMILES string of the molecule is CC(=O)Oc1c(C)cc(/C=C/C(=O)Cl)cc1C. The van der Waals surface area contributed by atoms with Crippen LogP contribution in [0.2, 0.25) is 0 Å². The van der Waals surface area contributed by atoms with Gasteiger partial charge < -0.3 is 4.74 Å². The molecule has 0 saturated carbocycles. The number of carbonyl (C=O) groups is 2. The fourth-order valence-electron chi connectivity index (χ4n) is 1.55. The number of hydrogen-bond donors (Lipinski definition) is 0. The Labute approximate surface area is 105 Å². The molecule has 0 N–H and O–H groups in total. The molecule has 0 aromatic heterocycles. The van der Waals surface area contributed by atoms with Crippen LogP contribution in [0.5, 0.6) is 5.75 Å². The van der Waals surface area contributed by atoms with Gasteiger partial charge in [0, 0.05) is 6.92 Å². The van der Waals surface area contributed by atoms with Gasteiger partial charge in [0.2, 0.25) is 5.24 Å². The minimum Gasteiger partial charge on any atom is -0.426 e. The van der Waals surface area contributed by atoms with Crippen LogP contribution in [0.1, 0.15) is 23.6 Å². The molecule has 0 bridgehead atoms. The first-order chi connectivity index (χ1) is 7.90. The van der Waals surface area contributed by atoms with Crippen LogP contribution in [-0.4, -0.2) is 11.2 Å². The van der Waals surface area contributed by atoms with Gasteiger partial charge in [-0.1, -0.05) is 6.08 Å². The molecule has 0 fully saturated rings. The summed E-state index contributed by atoms with van der Waals surface area (Å²) in [6.45, 7) is 5.04. The molecule has 1 aromatic carbocycles. The first-order valence-corrected chi connectivity index (χ1v) is 5.45. The van der Waals surface area contributed by atoms with Crippen LogP contribution in [0.25, 0.3) is 6.08 Å². The van der Waals surface area contributed by atoms with E-state index in [1.807, 2.05) is 26.0 Å². The summed E-state index contributed by atoms with van der Waals surface area (Å²) >= 11 is 5.21. The molecule has 0 radical (unpaired) electrons. The number of halogens is 1. The van der Waals surface area contributed by atoms with Crippen LogP contribution in [0.4, 0.5) is 0 Å². The molecule has 90 valence electrons. The van der Waals surface area contributed by atoms with Crippen molar-refractivity contribution in [1.29, 1.82) is 0 Å². The number of carbonyl (C=O) groups excluding carboxylic acids is 2. The largest absolute Gasteiger partial charge is 0.426 e. The quantitative estimate of drug-likeness (QED) is 0.359. The molecule has 17 heavy (non-hydrogen) atoms. The summed E-state index contributed by atoms with van der Waals surface area (Å²) in [7, 11) is 0. The first-order valence-electron chi connectivity index (χ1n) is 5.07. The van der Waals surface area contributed by atoms with E-state index in [0.29, 0.717) is 5.75 Å². The van der Waals surface area contributed by atoms with Gasteiger partial charge in [-0.05, 0) is 60.3 Å². The van der Waals surface area contributed by atoms with Gasteiger partial charge in [-0.25, -0.2) is 0 Å². The van der Waals surface area contributed by atoms with Crippen molar-refractivity contribution >= 4 is 28.9 Å². The summed E-state index contributed by atoms with van der Waals surface area (Å²) in [5, 5.41) is -0.524. The molecule has 0 heterocycles. The van der Waals surface area contributed by atoms with E-state index in [4.69, 9.17) is 16.3 Å². The lowest BCUT2D eigenvalue weighted by atomic mass is 10.1. The third-order valence-electron chi connectivity index (χ3n) is 2.14. The Kier molecular flexibility index (Phi) is 4.46. The van der Waals surface area contributed by atoms with E-state index >= 15 is 0 Å². The predicted octanol–water partition coefficient (Wildman–Crippen LogP) is 3.01. The number of aryl methyl sites for hydroxylation is 2. The van der Waals surface area contributed by atoms with Gasteiger partial charge in [-0.15, -0.1) is 0 Å². The molecule has 0 aliphatic rings. The molecular formula is C13H13ClO3. The Balaban J connectivity index is 3.09. The molecule has 4 heteroatoms. The van der Waals surface area contributed by atoms with E-state index in [1.165, 1.54) is 13.0 Å². The zero-order valence-electron chi connectivity index (χ0n) is 9.91. The van der Waals surface area contributed by atoms with Crippen LogP contribution in [0, 0.1) is 13.8 Å². The lowest BCUT2D eigenvalue weighted by Crippen LogP contribution is -2.04. The highest BCUT2D eigenvalue weighted by molar-refractivity contribution is 6.66. The maximum atomic E-state index is 10.9. The first kappa shape index (κ1) is 13.5. The number of benzene rings is 1. The summed E-state index contributed by atoms with van der Waals surface area (Å²) < 4.78 is 5.10. The minimum absolute atomic E-state index is 0.351. The van der Waals surface area contributed by atoms with Gasteiger partial charge >= 0.3 is 5.97 Å². The highest BCUT2D eigenvalue weighted by atomic mass is 35.5. The third kappa shape index (κ3) is 4.04. The fraction of sp³-hybridized carbons (Fsp3) is 0.231. The normalized spacial score (nSPS) is 10.6. The molecular weight excluding hydrogens is 240 g/mol. The second-order valence-corrected chi connectivity index (χ2v) is 4.09. The highest BCUT2D eigenvalue weighted by Gasteiger charge is 2.07. The van der Waals surface area contributed by atoms with E-state index in [1.54, 1.807) is 6.08 Å². The van der Waals surface area contributed by atoms with Crippen LogP contribution >= 0.6 is 11.6 Å². The number of ether oxygens (including phenoxy) is 1. The topological polar surface area (TPSA) is 43.4 Å². The van der Waals surface area contributed by atoms with E-state index in [2.05, 4.69) is 0 Å². The Hall–Kier alpha value is -1.61. The summed E-state index contributed by atoms with van der Waals surface area (Å²) in [6.07, 6.45) is 2.90. The van der Waals surface area contributed by atoms with Crippen molar-refractivity contribution in [3.8, 4) is 5.75 Å². The number of esters is 1. The lowest BCUT2D eigenvalue weighted by Gasteiger charge is -2.10. The average molecular weight is 253 g/mol. The number of hydrogen-bond acceptors (Lipinski definition) is 3. The smallest absolute Gasteiger partial charge is 0.308 e. The van der Waals surface area contributed by atoms with Crippen molar-refractivity contribution < 1.29 is 14.3 Å². The highest BCUT2D eigenvalue weighted by Crippen LogP contribution is 2.25. The van der Waals surface area contributed by atoms with Crippen LogP contribution in [0.15, 0.2) is 18.2 Å². The summed E-state index contributed by atoms with van der Waals surface area (Å²) in [5.41, 5.74) is 2.51.